The Labute approximate surface area is 115 Å². The molecule has 4 N–H and O–H groups in total. The molecule has 2 rings (SSSR count). The third-order valence-corrected chi connectivity index (χ3v) is 2.24. The maximum Gasteiger partial charge on any atom is 0.407 e. The number of rotatable bonds is 4. The Morgan fingerprint density at radius 3 is 2.60 bits per heavy atom. The molecule has 1 aliphatic heterocycles. The van der Waals surface area contributed by atoms with Gasteiger partial charge in [-0.3, -0.25) is 0 Å². The molecule has 20 heavy (non-hydrogen) atoms. The van der Waals surface area contributed by atoms with E-state index in [0.29, 0.717) is 24.7 Å². The highest BCUT2D eigenvalue weighted by Crippen LogP contribution is 2.26. The fraction of sp³-hybridized carbons (Fsp3) is 0.333. The van der Waals surface area contributed by atoms with Crippen molar-refractivity contribution in [2.45, 2.75) is 6.10 Å². The highest BCUT2D eigenvalue weighted by molar-refractivity contribution is 5.69. The summed E-state index contributed by atoms with van der Waals surface area (Å²) >= 11 is 0. The number of carbonyl (C=O) groups is 2. The van der Waals surface area contributed by atoms with Gasteiger partial charge in [-0.2, -0.15) is 0 Å². The van der Waals surface area contributed by atoms with Crippen LogP contribution in [0.3, 0.4) is 0 Å². The zero-order valence-corrected chi connectivity index (χ0v) is 10.9. The lowest BCUT2D eigenvalue weighted by molar-refractivity contribution is 0.103. The van der Waals surface area contributed by atoms with E-state index in [1.807, 2.05) is 24.3 Å². The minimum atomic E-state index is -1.33. The molecular formula is C12H16N2O6. The van der Waals surface area contributed by atoms with Gasteiger partial charge in [0.15, 0.2) is 17.6 Å². The van der Waals surface area contributed by atoms with E-state index in [2.05, 4.69) is 11.1 Å². The molecule has 0 aromatic heterocycles. The zero-order chi connectivity index (χ0) is 15.0. The van der Waals surface area contributed by atoms with Crippen molar-refractivity contribution in [1.29, 1.82) is 0 Å². The van der Waals surface area contributed by atoms with Crippen LogP contribution in [0.2, 0.25) is 0 Å². The molecule has 8 heteroatoms. The van der Waals surface area contributed by atoms with Crippen molar-refractivity contribution in [3.05, 3.63) is 24.3 Å². The van der Waals surface area contributed by atoms with Gasteiger partial charge in [0.05, 0.1) is 13.7 Å². The molecule has 1 atom stereocenters. The lowest BCUT2D eigenvalue weighted by atomic mass is 10.3. The van der Waals surface area contributed by atoms with Crippen molar-refractivity contribution < 1.29 is 28.9 Å². The van der Waals surface area contributed by atoms with E-state index in [1.54, 1.807) is 7.11 Å². The SMILES string of the molecule is COc1ccccc1OCC1CNC(=O)O1.NC(=O)O. The van der Waals surface area contributed by atoms with Gasteiger partial charge in [0, 0.05) is 0 Å². The van der Waals surface area contributed by atoms with Crippen LogP contribution in [0.15, 0.2) is 24.3 Å². The fourth-order valence-electron chi connectivity index (χ4n) is 1.45. The van der Waals surface area contributed by atoms with Gasteiger partial charge in [0.25, 0.3) is 0 Å². The van der Waals surface area contributed by atoms with Crippen molar-refractivity contribution in [3.8, 4) is 11.5 Å². The van der Waals surface area contributed by atoms with Crippen LogP contribution in [0.1, 0.15) is 0 Å². The summed E-state index contributed by atoms with van der Waals surface area (Å²) in [5.74, 6) is 1.31. The molecule has 0 aliphatic carbocycles. The molecule has 8 nitrogen and oxygen atoms in total. The average Bonchev–Trinajstić information content (AvgIpc) is 2.82. The molecule has 2 amide bonds. The molecule has 1 saturated heterocycles. The number of para-hydroxylation sites is 2. The molecule has 1 aliphatic rings. The van der Waals surface area contributed by atoms with Gasteiger partial charge in [-0.25, -0.2) is 9.59 Å². The number of benzene rings is 1. The van der Waals surface area contributed by atoms with Crippen molar-refractivity contribution in [1.82, 2.24) is 5.32 Å². The number of hydrogen-bond acceptors (Lipinski definition) is 5. The molecule has 0 bridgehead atoms. The lowest BCUT2D eigenvalue weighted by Gasteiger charge is -2.12. The van der Waals surface area contributed by atoms with Crippen LogP contribution in [-0.2, 0) is 4.74 Å². The normalized spacial score (nSPS) is 16.2. The maximum absolute atomic E-state index is 10.8. The number of ether oxygens (including phenoxy) is 3. The van der Waals surface area contributed by atoms with Gasteiger partial charge in [0.2, 0.25) is 0 Å². The summed E-state index contributed by atoms with van der Waals surface area (Å²) in [4.78, 5) is 19.6. The number of amides is 2. The average molecular weight is 284 g/mol. The van der Waals surface area contributed by atoms with Crippen LogP contribution in [0.5, 0.6) is 11.5 Å². The first-order valence-electron chi connectivity index (χ1n) is 5.71. The molecule has 1 unspecified atom stereocenters. The van der Waals surface area contributed by atoms with Crippen LogP contribution >= 0.6 is 0 Å². The predicted octanol–water partition coefficient (Wildman–Crippen LogP) is 0.806. The standard InChI is InChI=1S/C11H13NO4.CH3NO2/c1-14-9-4-2-3-5-10(9)15-7-8-6-12-11(13)16-8;2-1(3)4/h2-5,8H,6-7H2,1H3,(H,12,13);2H2,(H,3,4). The number of nitrogens with one attached hydrogen (secondary N) is 1. The van der Waals surface area contributed by atoms with Crippen LogP contribution in [0.4, 0.5) is 9.59 Å². The molecule has 1 heterocycles. The third kappa shape index (κ3) is 5.34. The Balaban J connectivity index is 0.000000444. The largest absolute Gasteiger partial charge is 0.493 e. The van der Waals surface area contributed by atoms with E-state index in [1.165, 1.54) is 0 Å². The second-order valence-electron chi connectivity index (χ2n) is 3.71. The van der Waals surface area contributed by atoms with Crippen LogP contribution in [0, 0.1) is 0 Å². The number of alkyl carbamates (subject to hydrolysis) is 1. The number of carboxylic acid groups (broad SMARTS) is 1. The highest BCUT2D eigenvalue weighted by Gasteiger charge is 2.23. The first-order chi connectivity index (χ1) is 9.52. The summed E-state index contributed by atoms with van der Waals surface area (Å²) in [6.45, 7) is 0.799. The van der Waals surface area contributed by atoms with Gasteiger partial charge in [0.1, 0.15) is 6.61 Å². The molecule has 0 spiro atoms. The van der Waals surface area contributed by atoms with E-state index in [9.17, 15) is 4.79 Å². The van der Waals surface area contributed by atoms with Crippen molar-refractivity contribution in [2.24, 2.45) is 5.73 Å². The number of primary amides is 1. The fourth-order valence-corrected chi connectivity index (χ4v) is 1.45. The second-order valence-corrected chi connectivity index (χ2v) is 3.71. The van der Waals surface area contributed by atoms with Crippen molar-refractivity contribution in [2.75, 3.05) is 20.3 Å². The maximum atomic E-state index is 10.8. The molecule has 0 saturated carbocycles. The Hall–Kier alpha value is -2.64. The molecule has 1 aromatic rings. The second kappa shape index (κ2) is 7.72. The van der Waals surface area contributed by atoms with Crippen LogP contribution in [-0.4, -0.2) is 43.7 Å². The highest BCUT2D eigenvalue weighted by atomic mass is 16.6. The van der Waals surface area contributed by atoms with Gasteiger partial charge >= 0.3 is 12.2 Å². The van der Waals surface area contributed by atoms with Gasteiger partial charge in [-0.15, -0.1) is 0 Å². The van der Waals surface area contributed by atoms with Crippen molar-refractivity contribution >= 4 is 12.2 Å². The summed E-state index contributed by atoms with van der Waals surface area (Å²) in [6, 6.07) is 7.34. The lowest BCUT2D eigenvalue weighted by Crippen LogP contribution is -2.22. The quantitative estimate of drug-likeness (QED) is 0.752. The minimum absolute atomic E-state index is 0.239. The molecular weight excluding hydrogens is 268 g/mol. The molecule has 1 aromatic carbocycles. The monoisotopic (exact) mass is 284 g/mol. The van der Waals surface area contributed by atoms with Crippen LogP contribution in [0.25, 0.3) is 0 Å². The number of cyclic esters (lactones) is 1. The molecule has 1 fully saturated rings. The first-order valence-corrected chi connectivity index (χ1v) is 5.71. The van der Waals surface area contributed by atoms with E-state index in [-0.39, 0.29) is 6.10 Å². The third-order valence-electron chi connectivity index (χ3n) is 2.24. The molecule has 110 valence electrons. The molecule has 0 radical (unpaired) electrons. The van der Waals surface area contributed by atoms with E-state index in [4.69, 9.17) is 24.1 Å². The number of methoxy groups -OCH3 is 1. The smallest absolute Gasteiger partial charge is 0.407 e. The summed E-state index contributed by atoms with van der Waals surface area (Å²) in [7, 11) is 1.58. The van der Waals surface area contributed by atoms with E-state index < -0.39 is 12.2 Å². The summed E-state index contributed by atoms with van der Waals surface area (Å²) in [5, 5.41) is 9.76. The Kier molecular flexibility index (Phi) is 5.95. The van der Waals surface area contributed by atoms with Crippen molar-refractivity contribution in [3.63, 3.8) is 0 Å². The minimum Gasteiger partial charge on any atom is -0.493 e. The number of hydrogen-bond donors (Lipinski definition) is 3. The summed E-state index contributed by atoms with van der Waals surface area (Å²) in [6.07, 6.45) is -1.97. The van der Waals surface area contributed by atoms with Gasteiger partial charge < -0.3 is 30.4 Å². The van der Waals surface area contributed by atoms with Gasteiger partial charge in [-0.1, -0.05) is 12.1 Å². The predicted molar refractivity (Wildman–Crippen MR) is 69.0 cm³/mol. The topological polar surface area (TPSA) is 120 Å². The van der Waals surface area contributed by atoms with E-state index >= 15 is 0 Å². The van der Waals surface area contributed by atoms with Crippen LogP contribution < -0.4 is 20.5 Å². The Bertz CT molecular complexity index is 461. The number of nitrogens with two attached hydrogens (primary N) is 1. The summed E-state index contributed by atoms with van der Waals surface area (Å²) in [5.41, 5.74) is 4.03. The number of carbonyl (C=O) groups excluding carboxylic acids is 1. The Morgan fingerprint density at radius 1 is 1.50 bits per heavy atom. The zero-order valence-electron chi connectivity index (χ0n) is 10.9. The van der Waals surface area contributed by atoms with E-state index in [0.717, 1.165) is 0 Å². The Morgan fingerprint density at radius 2 is 2.10 bits per heavy atom. The van der Waals surface area contributed by atoms with Gasteiger partial charge in [-0.05, 0) is 12.1 Å². The summed E-state index contributed by atoms with van der Waals surface area (Å²) < 4.78 is 15.6. The first kappa shape index (κ1) is 15.4.